The second-order valence-corrected chi connectivity index (χ2v) is 7.85. The molecule has 7 heteroatoms. The van der Waals surface area contributed by atoms with Crippen molar-refractivity contribution in [2.75, 3.05) is 6.61 Å². The quantitative estimate of drug-likeness (QED) is 0.632. The number of nitrogens with one attached hydrogen (secondary N) is 2. The number of hydrogen-bond acceptors (Lipinski definition) is 5. The maximum absolute atomic E-state index is 11.8. The molecule has 2 heterocycles. The highest BCUT2D eigenvalue weighted by Crippen LogP contribution is 2.22. The Morgan fingerprint density at radius 3 is 2.87 bits per heavy atom. The van der Waals surface area contributed by atoms with Gasteiger partial charge in [0.2, 0.25) is 0 Å². The van der Waals surface area contributed by atoms with Crippen LogP contribution in [0.15, 0.2) is 52.8 Å². The lowest BCUT2D eigenvalue weighted by atomic mass is 9.97. The molecule has 154 valence electrons. The fourth-order valence-electron chi connectivity index (χ4n) is 3.54. The molecule has 4 rings (SSSR count). The van der Waals surface area contributed by atoms with E-state index in [1.807, 2.05) is 51.2 Å². The molecule has 30 heavy (non-hydrogen) atoms. The van der Waals surface area contributed by atoms with Crippen molar-refractivity contribution < 1.29 is 9.53 Å². The number of aryl methyl sites for hydroxylation is 1. The topological polar surface area (TPSA) is 91.7 Å². The standard InChI is InChI=1S/C23H25N5O2/c1-14(2)25-23(29)13-30-19-5-6-20(15(3)8-19)22-11-18(26-28-22)10-16-4-7-21-17(9-16)12-24-27-21/h4-9,12,14H,10-11,13H2,1-3H3,(H,24,27)(H,25,29). The van der Waals surface area contributed by atoms with Crippen LogP contribution in [0.4, 0.5) is 0 Å². The monoisotopic (exact) mass is 403 g/mol. The Bertz CT molecular complexity index is 1140. The van der Waals surface area contributed by atoms with E-state index in [0.29, 0.717) is 5.75 Å². The Morgan fingerprint density at radius 1 is 1.20 bits per heavy atom. The third-order valence-corrected chi connectivity index (χ3v) is 4.92. The molecular formula is C23H25N5O2. The molecule has 1 amide bonds. The summed E-state index contributed by atoms with van der Waals surface area (Å²) in [4.78, 5) is 11.8. The number of benzene rings is 2. The van der Waals surface area contributed by atoms with Gasteiger partial charge in [0.25, 0.3) is 5.91 Å². The number of aromatic amines is 1. The number of aromatic nitrogens is 2. The van der Waals surface area contributed by atoms with Gasteiger partial charge in [-0.2, -0.15) is 15.3 Å². The first-order chi connectivity index (χ1) is 14.5. The summed E-state index contributed by atoms with van der Waals surface area (Å²) in [5, 5.41) is 19.8. The van der Waals surface area contributed by atoms with E-state index in [1.165, 1.54) is 5.56 Å². The minimum atomic E-state index is -0.126. The average Bonchev–Trinajstić information content (AvgIpc) is 3.35. The SMILES string of the molecule is Cc1cc(OCC(=O)NC(C)C)ccc1C1=NN=C(Cc2ccc3[nH]ncc3c2)C1. The van der Waals surface area contributed by atoms with Crippen LogP contribution in [0, 0.1) is 6.92 Å². The van der Waals surface area contributed by atoms with Crippen LogP contribution in [0.25, 0.3) is 10.9 Å². The van der Waals surface area contributed by atoms with Crippen LogP contribution in [0.5, 0.6) is 5.75 Å². The number of ether oxygens (including phenoxy) is 1. The van der Waals surface area contributed by atoms with Gasteiger partial charge in [-0.25, -0.2) is 0 Å². The van der Waals surface area contributed by atoms with E-state index in [2.05, 4.69) is 37.8 Å². The van der Waals surface area contributed by atoms with Gasteiger partial charge in [0, 0.05) is 29.8 Å². The molecule has 7 nitrogen and oxygen atoms in total. The van der Waals surface area contributed by atoms with Gasteiger partial charge in [-0.05, 0) is 62.2 Å². The number of rotatable bonds is 7. The summed E-state index contributed by atoms with van der Waals surface area (Å²) in [6.07, 6.45) is 3.32. The number of H-pyrrole nitrogens is 1. The predicted octanol–water partition coefficient (Wildman–Crippen LogP) is 3.57. The van der Waals surface area contributed by atoms with Crippen LogP contribution in [0.2, 0.25) is 0 Å². The zero-order valence-electron chi connectivity index (χ0n) is 17.4. The number of carbonyl (C=O) groups excluding carboxylic acids is 1. The smallest absolute Gasteiger partial charge is 0.258 e. The van der Waals surface area contributed by atoms with Gasteiger partial charge in [0.15, 0.2) is 6.61 Å². The Kier molecular flexibility index (Phi) is 5.61. The molecule has 2 N–H and O–H groups in total. The summed E-state index contributed by atoms with van der Waals surface area (Å²) in [5.41, 5.74) is 6.32. The number of fused-ring (bicyclic) bond motifs is 1. The van der Waals surface area contributed by atoms with Crippen molar-refractivity contribution in [3.05, 3.63) is 59.3 Å². The van der Waals surface area contributed by atoms with E-state index in [-0.39, 0.29) is 18.6 Å². The maximum Gasteiger partial charge on any atom is 0.258 e. The molecule has 0 unspecified atom stereocenters. The van der Waals surface area contributed by atoms with E-state index >= 15 is 0 Å². The van der Waals surface area contributed by atoms with E-state index in [9.17, 15) is 4.79 Å². The van der Waals surface area contributed by atoms with Gasteiger partial charge in [-0.1, -0.05) is 6.07 Å². The maximum atomic E-state index is 11.8. The van der Waals surface area contributed by atoms with Crippen molar-refractivity contribution in [3.8, 4) is 5.75 Å². The van der Waals surface area contributed by atoms with Crippen molar-refractivity contribution in [2.24, 2.45) is 10.2 Å². The summed E-state index contributed by atoms with van der Waals surface area (Å²) in [6.45, 7) is 5.87. The third kappa shape index (κ3) is 4.56. The van der Waals surface area contributed by atoms with E-state index in [4.69, 9.17) is 4.74 Å². The van der Waals surface area contributed by atoms with Crippen LogP contribution in [-0.4, -0.2) is 40.2 Å². The van der Waals surface area contributed by atoms with Gasteiger partial charge >= 0.3 is 0 Å². The van der Waals surface area contributed by atoms with Crippen LogP contribution in [0.1, 0.15) is 37.0 Å². The first-order valence-corrected chi connectivity index (χ1v) is 10.1. The highest BCUT2D eigenvalue weighted by Gasteiger charge is 2.17. The first-order valence-electron chi connectivity index (χ1n) is 10.1. The van der Waals surface area contributed by atoms with E-state index in [1.54, 1.807) is 0 Å². The largest absolute Gasteiger partial charge is 0.484 e. The normalized spacial score (nSPS) is 13.5. The highest BCUT2D eigenvalue weighted by atomic mass is 16.5. The molecule has 1 aromatic heterocycles. The zero-order valence-corrected chi connectivity index (χ0v) is 17.4. The predicted molar refractivity (Wildman–Crippen MR) is 118 cm³/mol. The number of nitrogens with zero attached hydrogens (tertiary/aromatic N) is 3. The molecule has 0 radical (unpaired) electrons. The summed E-state index contributed by atoms with van der Waals surface area (Å²) in [6, 6.07) is 12.2. The van der Waals surface area contributed by atoms with Crippen molar-refractivity contribution >= 4 is 28.2 Å². The lowest BCUT2D eigenvalue weighted by Gasteiger charge is -2.12. The lowest BCUT2D eigenvalue weighted by molar-refractivity contribution is -0.123. The summed E-state index contributed by atoms with van der Waals surface area (Å²) >= 11 is 0. The van der Waals surface area contributed by atoms with Gasteiger partial charge in [0.1, 0.15) is 5.75 Å². The Morgan fingerprint density at radius 2 is 2.07 bits per heavy atom. The third-order valence-electron chi connectivity index (χ3n) is 4.92. The molecular weight excluding hydrogens is 378 g/mol. The minimum Gasteiger partial charge on any atom is -0.484 e. The number of hydrogen-bond donors (Lipinski definition) is 2. The molecule has 0 spiro atoms. The molecule has 0 saturated carbocycles. The summed E-state index contributed by atoms with van der Waals surface area (Å²) in [5.74, 6) is 0.543. The molecule has 2 aromatic carbocycles. The van der Waals surface area contributed by atoms with Crippen LogP contribution in [0.3, 0.4) is 0 Å². The second kappa shape index (κ2) is 8.49. The van der Waals surface area contributed by atoms with Crippen molar-refractivity contribution in [1.29, 1.82) is 0 Å². The van der Waals surface area contributed by atoms with E-state index in [0.717, 1.165) is 46.3 Å². The Hall–Kier alpha value is -3.48. The number of amides is 1. The summed E-state index contributed by atoms with van der Waals surface area (Å²) < 4.78 is 5.61. The molecule has 0 fully saturated rings. The zero-order chi connectivity index (χ0) is 21.1. The van der Waals surface area contributed by atoms with Gasteiger partial charge in [-0.15, -0.1) is 0 Å². The van der Waals surface area contributed by atoms with Gasteiger partial charge in [-0.3, -0.25) is 9.89 Å². The van der Waals surface area contributed by atoms with Gasteiger partial charge in [0.05, 0.1) is 23.1 Å². The fourth-order valence-corrected chi connectivity index (χ4v) is 3.54. The Labute approximate surface area is 175 Å². The second-order valence-electron chi connectivity index (χ2n) is 7.85. The highest BCUT2D eigenvalue weighted by molar-refractivity contribution is 6.16. The lowest BCUT2D eigenvalue weighted by Crippen LogP contribution is -2.34. The van der Waals surface area contributed by atoms with Crippen LogP contribution >= 0.6 is 0 Å². The van der Waals surface area contributed by atoms with Crippen LogP contribution < -0.4 is 10.1 Å². The molecule has 3 aromatic rings. The fraction of sp³-hybridized carbons (Fsp3) is 0.304. The Balaban J connectivity index is 1.36. The van der Waals surface area contributed by atoms with Crippen molar-refractivity contribution in [1.82, 2.24) is 15.5 Å². The molecule has 0 atom stereocenters. The minimum absolute atomic E-state index is 0.00613. The van der Waals surface area contributed by atoms with Crippen molar-refractivity contribution in [3.63, 3.8) is 0 Å². The van der Waals surface area contributed by atoms with Crippen molar-refractivity contribution in [2.45, 2.75) is 39.7 Å². The van der Waals surface area contributed by atoms with Gasteiger partial charge < -0.3 is 10.1 Å². The average molecular weight is 403 g/mol. The molecule has 1 aliphatic rings. The summed E-state index contributed by atoms with van der Waals surface area (Å²) in [7, 11) is 0. The molecule has 0 aliphatic carbocycles. The van der Waals surface area contributed by atoms with Crippen LogP contribution in [-0.2, 0) is 11.2 Å². The number of carbonyl (C=O) groups is 1. The molecule has 0 saturated heterocycles. The molecule has 0 bridgehead atoms. The first kappa shape index (κ1) is 19.8. The molecule has 1 aliphatic heterocycles. The van der Waals surface area contributed by atoms with E-state index < -0.39 is 0 Å².